The number of hydrogen-bond acceptors (Lipinski definition) is 2. The minimum Gasteiger partial charge on any atom is -0.481 e. The Balaban J connectivity index is 2.19. The number of hydrogen-bond donors (Lipinski definition) is 2. The van der Waals surface area contributed by atoms with E-state index < -0.39 is 35.5 Å². The lowest BCUT2D eigenvalue weighted by atomic mass is 9.81. The number of halogens is 4. The van der Waals surface area contributed by atoms with E-state index in [0.717, 1.165) is 12.1 Å². The van der Waals surface area contributed by atoms with Crippen LogP contribution in [0.5, 0.6) is 0 Å². The molecule has 1 saturated heterocycles. The Bertz CT molecular complexity index is 559. The minimum absolute atomic E-state index is 0.134. The van der Waals surface area contributed by atoms with Gasteiger partial charge in [0.25, 0.3) is 0 Å². The van der Waals surface area contributed by atoms with Crippen LogP contribution in [0.3, 0.4) is 0 Å². The van der Waals surface area contributed by atoms with Crippen molar-refractivity contribution in [3.05, 3.63) is 35.1 Å². The van der Waals surface area contributed by atoms with Gasteiger partial charge in [-0.05, 0) is 37.4 Å². The summed E-state index contributed by atoms with van der Waals surface area (Å²) >= 11 is 0. The summed E-state index contributed by atoms with van der Waals surface area (Å²) in [5.74, 6) is -2.54. The normalized spacial score (nSPS) is 24.0. The molecule has 0 spiro atoms. The van der Waals surface area contributed by atoms with Crippen LogP contribution in [0.15, 0.2) is 18.2 Å². The minimum atomic E-state index is -4.58. The van der Waals surface area contributed by atoms with Gasteiger partial charge in [0, 0.05) is 11.6 Å². The number of benzene rings is 1. The Hall–Kier alpha value is -1.63. The van der Waals surface area contributed by atoms with E-state index in [9.17, 15) is 22.4 Å². The van der Waals surface area contributed by atoms with Gasteiger partial charge in [-0.2, -0.15) is 13.2 Å². The first-order valence-electron chi connectivity index (χ1n) is 7.03. The predicted octanol–water partition coefficient (Wildman–Crippen LogP) is 3.61. The molecule has 1 heterocycles. The molecule has 122 valence electrons. The van der Waals surface area contributed by atoms with E-state index in [2.05, 4.69) is 5.32 Å². The van der Waals surface area contributed by atoms with E-state index in [1.54, 1.807) is 6.92 Å². The summed E-state index contributed by atoms with van der Waals surface area (Å²) in [6, 6.07) is 2.00. The molecule has 3 nitrogen and oxygen atoms in total. The van der Waals surface area contributed by atoms with Crippen LogP contribution in [-0.4, -0.2) is 17.6 Å². The van der Waals surface area contributed by atoms with Crippen LogP contribution in [-0.2, 0) is 11.0 Å². The number of aliphatic carboxylic acids is 1. The summed E-state index contributed by atoms with van der Waals surface area (Å²) in [7, 11) is 0. The van der Waals surface area contributed by atoms with Crippen LogP contribution in [0.2, 0.25) is 0 Å². The second-order valence-electron chi connectivity index (χ2n) is 5.65. The largest absolute Gasteiger partial charge is 0.481 e. The molecule has 2 rings (SSSR count). The zero-order valence-electron chi connectivity index (χ0n) is 12.0. The van der Waals surface area contributed by atoms with Gasteiger partial charge in [0.1, 0.15) is 5.82 Å². The third kappa shape index (κ3) is 3.58. The molecule has 3 unspecified atom stereocenters. The summed E-state index contributed by atoms with van der Waals surface area (Å²) in [4.78, 5) is 11.0. The van der Waals surface area contributed by atoms with Crippen molar-refractivity contribution in [2.45, 2.75) is 32.0 Å². The van der Waals surface area contributed by atoms with Crippen LogP contribution < -0.4 is 5.32 Å². The van der Waals surface area contributed by atoms with Crippen molar-refractivity contribution in [3.63, 3.8) is 0 Å². The number of rotatable bonds is 3. The zero-order chi connectivity index (χ0) is 16.5. The lowest BCUT2D eigenvalue weighted by molar-refractivity contribution is -0.143. The van der Waals surface area contributed by atoms with Crippen LogP contribution in [0.1, 0.15) is 36.9 Å². The maximum atomic E-state index is 14.0. The van der Waals surface area contributed by atoms with Gasteiger partial charge in [-0.3, -0.25) is 4.79 Å². The quantitative estimate of drug-likeness (QED) is 0.837. The topological polar surface area (TPSA) is 49.3 Å². The highest BCUT2D eigenvalue weighted by molar-refractivity contribution is 5.69. The van der Waals surface area contributed by atoms with Crippen LogP contribution in [0.25, 0.3) is 0 Å². The predicted molar refractivity (Wildman–Crippen MR) is 71.7 cm³/mol. The zero-order valence-corrected chi connectivity index (χ0v) is 12.0. The summed E-state index contributed by atoms with van der Waals surface area (Å²) in [6.45, 7) is 2.10. The first-order valence-corrected chi connectivity index (χ1v) is 7.03. The number of carbonyl (C=O) groups is 1. The van der Waals surface area contributed by atoms with E-state index in [0.29, 0.717) is 25.5 Å². The molecule has 2 N–H and O–H groups in total. The second-order valence-corrected chi connectivity index (χ2v) is 5.65. The summed E-state index contributed by atoms with van der Waals surface area (Å²) in [5, 5.41) is 12.1. The molecule has 1 fully saturated rings. The lowest BCUT2D eigenvalue weighted by Crippen LogP contribution is -2.36. The molecule has 0 amide bonds. The van der Waals surface area contributed by atoms with Gasteiger partial charge in [0.15, 0.2) is 0 Å². The highest BCUT2D eigenvalue weighted by atomic mass is 19.4. The molecule has 1 aliphatic heterocycles. The molecule has 0 aromatic heterocycles. The number of carboxylic acid groups (broad SMARTS) is 1. The third-order valence-electron chi connectivity index (χ3n) is 4.24. The Morgan fingerprint density at radius 2 is 2.09 bits per heavy atom. The van der Waals surface area contributed by atoms with Gasteiger partial charge in [-0.15, -0.1) is 0 Å². The van der Waals surface area contributed by atoms with E-state index in [4.69, 9.17) is 5.11 Å². The van der Waals surface area contributed by atoms with Crippen LogP contribution >= 0.6 is 0 Å². The van der Waals surface area contributed by atoms with Gasteiger partial charge in [0.2, 0.25) is 0 Å². The molecule has 0 bridgehead atoms. The van der Waals surface area contributed by atoms with Crippen molar-refractivity contribution < 1.29 is 27.5 Å². The molecule has 22 heavy (non-hydrogen) atoms. The molecule has 0 radical (unpaired) electrons. The molecular formula is C15H17F4NO2. The van der Waals surface area contributed by atoms with Crippen LogP contribution in [0, 0.1) is 17.7 Å². The standard InChI is InChI=1S/C15H17F4NO2/c1-8(14(21)22)9-4-5-20-13(6-9)11-3-2-10(7-12(11)16)15(17,18)19/h2-3,7-9,13,20H,4-6H2,1H3,(H,21,22). The molecule has 1 aliphatic rings. The van der Waals surface area contributed by atoms with Crippen molar-refractivity contribution >= 4 is 5.97 Å². The molecule has 0 aliphatic carbocycles. The van der Waals surface area contributed by atoms with Crippen molar-refractivity contribution in [1.29, 1.82) is 0 Å². The van der Waals surface area contributed by atoms with Crippen molar-refractivity contribution in [1.82, 2.24) is 5.32 Å². The fraction of sp³-hybridized carbons (Fsp3) is 0.533. The highest BCUT2D eigenvalue weighted by Crippen LogP contribution is 2.35. The Morgan fingerprint density at radius 1 is 1.41 bits per heavy atom. The Kier molecular flexibility index (Phi) is 4.75. The van der Waals surface area contributed by atoms with Gasteiger partial charge in [0.05, 0.1) is 11.5 Å². The van der Waals surface area contributed by atoms with Crippen molar-refractivity contribution in [3.8, 4) is 0 Å². The van der Waals surface area contributed by atoms with E-state index in [1.807, 2.05) is 0 Å². The van der Waals surface area contributed by atoms with Crippen molar-refractivity contribution in [2.24, 2.45) is 11.8 Å². The summed E-state index contributed by atoms with van der Waals surface area (Å²) in [6.07, 6.45) is -3.55. The van der Waals surface area contributed by atoms with Gasteiger partial charge >= 0.3 is 12.1 Å². The molecule has 1 aromatic rings. The number of carboxylic acids is 1. The highest BCUT2D eigenvalue weighted by Gasteiger charge is 2.34. The Morgan fingerprint density at radius 3 is 2.64 bits per heavy atom. The third-order valence-corrected chi connectivity index (χ3v) is 4.24. The van der Waals surface area contributed by atoms with Gasteiger partial charge in [-0.1, -0.05) is 13.0 Å². The maximum Gasteiger partial charge on any atom is 0.416 e. The second kappa shape index (κ2) is 6.24. The number of nitrogens with one attached hydrogen (secondary N) is 1. The first-order chi connectivity index (χ1) is 10.2. The van der Waals surface area contributed by atoms with Crippen LogP contribution in [0.4, 0.5) is 17.6 Å². The van der Waals surface area contributed by atoms with E-state index >= 15 is 0 Å². The van der Waals surface area contributed by atoms with E-state index in [1.165, 1.54) is 0 Å². The Labute approximate surface area is 125 Å². The van der Waals surface area contributed by atoms with E-state index in [-0.39, 0.29) is 11.5 Å². The average molecular weight is 319 g/mol. The molecule has 3 atom stereocenters. The van der Waals surface area contributed by atoms with Gasteiger partial charge < -0.3 is 10.4 Å². The van der Waals surface area contributed by atoms with Gasteiger partial charge in [-0.25, -0.2) is 4.39 Å². The molecule has 0 saturated carbocycles. The monoisotopic (exact) mass is 319 g/mol. The first kappa shape index (κ1) is 16.7. The SMILES string of the molecule is CC(C(=O)O)C1CCNC(c2ccc(C(F)(F)F)cc2F)C1. The fourth-order valence-corrected chi connectivity index (χ4v) is 2.83. The molecule has 7 heteroatoms. The maximum absolute atomic E-state index is 14.0. The van der Waals surface area contributed by atoms with Crippen molar-refractivity contribution in [2.75, 3.05) is 6.54 Å². The number of piperidine rings is 1. The summed E-state index contributed by atoms with van der Waals surface area (Å²) in [5.41, 5.74) is -0.879. The molecule has 1 aromatic carbocycles. The smallest absolute Gasteiger partial charge is 0.416 e. The lowest BCUT2D eigenvalue weighted by Gasteiger charge is -2.33. The summed E-state index contributed by atoms with van der Waals surface area (Å²) < 4.78 is 51.6. The fourth-order valence-electron chi connectivity index (χ4n) is 2.83. The average Bonchev–Trinajstić information content (AvgIpc) is 2.45. The number of alkyl halides is 3. The molecular weight excluding hydrogens is 302 g/mol.